The highest BCUT2D eigenvalue weighted by molar-refractivity contribution is 5.97. The van der Waals surface area contributed by atoms with Crippen molar-refractivity contribution >= 4 is 5.78 Å². The first kappa shape index (κ1) is 12.8. The molecule has 1 aromatic rings. The van der Waals surface area contributed by atoms with Crippen molar-refractivity contribution in [3.05, 3.63) is 35.1 Å². The smallest absolute Gasteiger partial charge is 0.176 e. The topological polar surface area (TPSA) is 29.1 Å². The molecule has 88 valence electrons. The number of carbonyl (C=O) groups excluding carboxylic acids is 1. The third kappa shape index (κ3) is 3.74. The summed E-state index contributed by atoms with van der Waals surface area (Å²) >= 11 is 0. The van der Waals surface area contributed by atoms with Crippen molar-refractivity contribution in [2.24, 2.45) is 5.92 Å². The molecule has 0 fully saturated rings. The lowest BCUT2D eigenvalue weighted by Crippen LogP contribution is -2.26. The molecule has 1 N–H and O–H groups in total. The Kier molecular flexibility index (Phi) is 4.62. The van der Waals surface area contributed by atoms with Gasteiger partial charge in [-0.15, -0.1) is 0 Å². The fourth-order valence-corrected chi connectivity index (χ4v) is 1.39. The second-order valence-electron chi connectivity index (χ2n) is 4.41. The molecule has 3 heteroatoms. The predicted octanol–water partition coefficient (Wildman–Crippen LogP) is 2.56. The molecular formula is C13H18FNO. The second kappa shape index (κ2) is 5.75. The minimum absolute atomic E-state index is 0.00347. The Balaban J connectivity index is 2.56. The van der Waals surface area contributed by atoms with Gasteiger partial charge in [0.2, 0.25) is 0 Å². The first-order valence-corrected chi connectivity index (χ1v) is 5.50. The van der Waals surface area contributed by atoms with E-state index in [-0.39, 0.29) is 11.6 Å². The Morgan fingerprint density at radius 2 is 2.12 bits per heavy atom. The van der Waals surface area contributed by atoms with Crippen LogP contribution in [0.4, 0.5) is 4.39 Å². The van der Waals surface area contributed by atoms with Crippen molar-refractivity contribution in [2.45, 2.75) is 20.8 Å². The minimum Gasteiger partial charge on any atom is -0.309 e. The molecule has 2 nitrogen and oxygen atoms in total. The summed E-state index contributed by atoms with van der Waals surface area (Å²) < 4.78 is 13.0. The number of hydrogen-bond donors (Lipinski definition) is 1. The number of ketones is 1. The standard InChI is InChI=1S/C13H18FNO/c1-9(2)7-15-8-13(16)11-4-5-12(14)10(3)6-11/h4-6,9,15H,7-8H2,1-3H3. The van der Waals surface area contributed by atoms with Crippen LogP contribution in [0.25, 0.3) is 0 Å². The van der Waals surface area contributed by atoms with Crippen LogP contribution in [-0.2, 0) is 0 Å². The third-order valence-corrected chi connectivity index (χ3v) is 2.32. The van der Waals surface area contributed by atoms with Gasteiger partial charge in [0.25, 0.3) is 0 Å². The number of rotatable bonds is 5. The highest BCUT2D eigenvalue weighted by atomic mass is 19.1. The van der Waals surface area contributed by atoms with E-state index in [0.717, 1.165) is 6.54 Å². The van der Waals surface area contributed by atoms with E-state index < -0.39 is 0 Å². The number of Topliss-reactive ketones (excluding diaryl/α,β-unsaturated/α-hetero) is 1. The number of hydrogen-bond acceptors (Lipinski definition) is 2. The predicted molar refractivity (Wildman–Crippen MR) is 63.2 cm³/mol. The van der Waals surface area contributed by atoms with Crippen LogP contribution in [0.15, 0.2) is 18.2 Å². The summed E-state index contributed by atoms with van der Waals surface area (Å²) in [6.07, 6.45) is 0. The van der Waals surface area contributed by atoms with Crippen LogP contribution in [0.3, 0.4) is 0 Å². The zero-order valence-corrected chi connectivity index (χ0v) is 10.0. The van der Waals surface area contributed by atoms with Gasteiger partial charge in [-0.1, -0.05) is 13.8 Å². The lowest BCUT2D eigenvalue weighted by molar-refractivity contribution is 0.0990. The Morgan fingerprint density at radius 3 is 2.69 bits per heavy atom. The largest absolute Gasteiger partial charge is 0.309 e. The maximum absolute atomic E-state index is 13.0. The summed E-state index contributed by atoms with van der Waals surface area (Å²) in [5.74, 6) is 0.248. The van der Waals surface area contributed by atoms with Gasteiger partial charge >= 0.3 is 0 Å². The van der Waals surface area contributed by atoms with Crippen molar-refractivity contribution in [1.82, 2.24) is 5.32 Å². The van der Waals surface area contributed by atoms with Gasteiger partial charge in [-0.25, -0.2) is 4.39 Å². The summed E-state index contributed by atoms with van der Waals surface area (Å²) in [4.78, 5) is 11.7. The lowest BCUT2D eigenvalue weighted by Gasteiger charge is -2.07. The normalized spacial score (nSPS) is 10.8. The zero-order valence-electron chi connectivity index (χ0n) is 10.0. The molecule has 0 bridgehead atoms. The molecule has 0 spiro atoms. The molecule has 0 unspecified atom stereocenters. The number of carbonyl (C=O) groups is 1. The van der Waals surface area contributed by atoms with E-state index in [0.29, 0.717) is 23.6 Å². The fourth-order valence-electron chi connectivity index (χ4n) is 1.39. The van der Waals surface area contributed by atoms with Gasteiger partial charge in [0.05, 0.1) is 6.54 Å². The summed E-state index contributed by atoms with van der Waals surface area (Å²) in [5.41, 5.74) is 1.07. The van der Waals surface area contributed by atoms with Crippen molar-refractivity contribution in [2.75, 3.05) is 13.1 Å². The average Bonchev–Trinajstić information content (AvgIpc) is 2.21. The summed E-state index contributed by atoms with van der Waals surface area (Å²) in [7, 11) is 0. The molecule has 0 aliphatic rings. The van der Waals surface area contributed by atoms with E-state index in [1.807, 2.05) is 0 Å². The van der Waals surface area contributed by atoms with Crippen molar-refractivity contribution in [1.29, 1.82) is 0 Å². The highest BCUT2D eigenvalue weighted by Crippen LogP contribution is 2.09. The number of benzene rings is 1. The molecule has 0 atom stereocenters. The molecule has 0 aromatic heterocycles. The Morgan fingerprint density at radius 1 is 1.44 bits per heavy atom. The molecule has 1 rings (SSSR count). The number of nitrogens with one attached hydrogen (secondary N) is 1. The molecule has 1 aromatic carbocycles. The van der Waals surface area contributed by atoms with E-state index in [1.54, 1.807) is 13.0 Å². The fraction of sp³-hybridized carbons (Fsp3) is 0.462. The maximum atomic E-state index is 13.0. The van der Waals surface area contributed by atoms with E-state index in [2.05, 4.69) is 19.2 Å². The zero-order chi connectivity index (χ0) is 12.1. The van der Waals surface area contributed by atoms with Crippen LogP contribution in [0.1, 0.15) is 29.8 Å². The van der Waals surface area contributed by atoms with Gasteiger partial charge in [-0.05, 0) is 43.1 Å². The molecule has 0 saturated heterocycles. The third-order valence-electron chi connectivity index (χ3n) is 2.32. The Labute approximate surface area is 95.9 Å². The minimum atomic E-state index is -0.272. The maximum Gasteiger partial charge on any atom is 0.176 e. The molecule has 16 heavy (non-hydrogen) atoms. The van der Waals surface area contributed by atoms with Gasteiger partial charge in [-0.2, -0.15) is 0 Å². The molecule has 0 aliphatic heterocycles. The Hall–Kier alpha value is -1.22. The van der Waals surface area contributed by atoms with Crippen LogP contribution in [-0.4, -0.2) is 18.9 Å². The number of halogens is 1. The van der Waals surface area contributed by atoms with E-state index in [9.17, 15) is 9.18 Å². The van der Waals surface area contributed by atoms with Gasteiger partial charge in [0.1, 0.15) is 5.82 Å². The monoisotopic (exact) mass is 223 g/mol. The van der Waals surface area contributed by atoms with Gasteiger partial charge in [0, 0.05) is 5.56 Å². The van der Waals surface area contributed by atoms with Gasteiger partial charge < -0.3 is 5.32 Å². The summed E-state index contributed by atoms with van der Waals surface area (Å²) in [5, 5.41) is 3.07. The second-order valence-corrected chi connectivity index (χ2v) is 4.41. The first-order chi connectivity index (χ1) is 7.50. The molecule has 0 saturated carbocycles. The SMILES string of the molecule is Cc1cc(C(=O)CNCC(C)C)ccc1F. The van der Waals surface area contributed by atoms with Crippen LogP contribution in [0.2, 0.25) is 0 Å². The Bertz CT molecular complexity index is 374. The van der Waals surface area contributed by atoms with Crippen molar-refractivity contribution in [3.63, 3.8) is 0 Å². The average molecular weight is 223 g/mol. The van der Waals surface area contributed by atoms with Gasteiger partial charge in [-0.3, -0.25) is 4.79 Å². The molecular weight excluding hydrogens is 205 g/mol. The van der Waals surface area contributed by atoms with E-state index in [4.69, 9.17) is 0 Å². The molecule has 0 radical (unpaired) electrons. The molecule has 0 aliphatic carbocycles. The first-order valence-electron chi connectivity index (χ1n) is 5.50. The molecule has 0 heterocycles. The summed E-state index contributed by atoms with van der Waals surface area (Å²) in [6.45, 7) is 6.95. The van der Waals surface area contributed by atoms with Gasteiger partial charge in [0.15, 0.2) is 5.78 Å². The van der Waals surface area contributed by atoms with Crippen LogP contribution in [0, 0.1) is 18.7 Å². The lowest BCUT2D eigenvalue weighted by atomic mass is 10.1. The number of aryl methyl sites for hydroxylation is 1. The van der Waals surface area contributed by atoms with Crippen molar-refractivity contribution < 1.29 is 9.18 Å². The van der Waals surface area contributed by atoms with Crippen LogP contribution in [0.5, 0.6) is 0 Å². The van der Waals surface area contributed by atoms with E-state index >= 15 is 0 Å². The van der Waals surface area contributed by atoms with E-state index in [1.165, 1.54) is 12.1 Å². The molecule has 0 amide bonds. The van der Waals surface area contributed by atoms with Crippen molar-refractivity contribution in [3.8, 4) is 0 Å². The van der Waals surface area contributed by atoms with Crippen LogP contribution >= 0.6 is 0 Å². The quantitative estimate of drug-likeness (QED) is 0.777. The van der Waals surface area contributed by atoms with Crippen LogP contribution < -0.4 is 5.32 Å². The highest BCUT2D eigenvalue weighted by Gasteiger charge is 2.07. The summed E-state index contributed by atoms with van der Waals surface area (Å²) in [6, 6.07) is 4.46.